The molecule has 1 nitrogen and oxygen atoms in total. The summed E-state index contributed by atoms with van der Waals surface area (Å²) in [6, 6.07) is 0. The van der Waals surface area contributed by atoms with Crippen LogP contribution in [0.5, 0.6) is 0 Å². The molecule has 1 aliphatic rings. The lowest BCUT2D eigenvalue weighted by Gasteiger charge is -2.16. The first-order chi connectivity index (χ1) is 5.29. The zero-order valence-electron chi connectivity index (χ0n) is 7.00. The minimum absolute atomic E-state index is 0.347. The predicted molar refractivity (Wildman–Crippen MR) is 53.2 cm³/mol. The molecule has 0 aromatic carbocycles. The van der Waals surface area contributed by atoms with E-state index in [9.17, 15) is 4.79 Å². The highest BCUT2D eigenvalue weighted by Gasteiger charge is 2.30. The molecule has 0 bridgehead atoms. The van der Waals surface area contributed by atoms with Crippen molar-refractivity contribution in [2.45, 2.75) is 23.8 Å². The molecule has 1 atom stereocenters. The molecule has 1 unspecified atom stereocenters. The van der Waals surface area contributed by atoms with Crippen molar-refractivity contribution < 1.29 is 4.79 Å². The van der Waals surface area contributed by atoms with Crippen LogP contribution in [0.15, 0.2) is 0 Å². The SMILES string of the molecule is CSC(SC)C1CCCC1=O. The highest BCUT2D eigenvalue weighted by atomic mass is 32.2. The number of hydrogen-bond donors (Lipinski definition) is 0. The highest BCUT2D eigenvalue weighted by molar-refractivity contribution is 8.16. The van der Waals surface area contributed by atoms with E-state index in [-0.39, 0.29) is 0 Å². The lowest BCUT2D eigenvalue weighted by atomic mass is 10.1. The summed E-state index contributed by atoms with van der Waals surface area (Å²) in [5.74, 6) is 0.832. The number of Topliss-reactive ketones (excluding diaryl/α,β-unsaturated/α-hetero) is 1. The van der Waals surface area contributed by atoms with Crippen molar-refractivity contribution in [3.05, 3.63) is 0 Å². The Balaban J connectivity index is 2.49. The highest BCUT2D eigenvalue weighted by Crippen LogP contribution is 2.35. The number of carbonyl (C=O) groups excluding carboxylic acids is 1. The van der Waals surface area contributed by atoms with Gasteiger partial charge in [-0.25, -0.2) is 0 Å². The van der Waals surface area contributed by atoms with Gasteiger partial charge in [0.1, 0.15) is 5.78 Å². The van der Waals surface area contributed by atoms with Gasteiger partial charge in [0, 0.05) is 12.3 Å². The fourth-order valence-electron chi connectivity index (χ4n) is 1.56. The molecule has 1 fully saturated rings. The molecule has 0 amide bonds. The zero-order chi connectivity index (χ0) is 8.27. The van der Waals surface area contributed by atoms with Crippen LogP contribution in [0.3, 0.4) is 0 Å². The Labute approximate surface area is 76.7 Å². The van der Waals surface area contributed by atoms with E-state index in [4.69, 9.17) is 0 Å². The standard InChI is InChI=1S/C8H14OS2/c1-10-8(11-2)6-4-3-5-7(6)9/h6,8H,3-5H2,1-2H3. The fourth-order valence-corrected chi connectivity index (χ4v) is 3.56. The van der Waals surface area contributed by atoms with E-state index in [2.05, 4.69) is 12.5 Å². The van der Waals surface area contributed by atoms with Gasteiger partial charge in [0.2, 0.25) is 0 Å². The first-order valence-electron chi connectivity index (χ1n) is 3.88. The van der Waals surface area contributed by atoms with Gasteiger partial charge in [-0.2, -0.15) is 23.5 Å². The molecule has 1 rings (SSSR count). The van der Waals surface area contributed by atoms with Crippen LogP contribution in [0, 0.1) is 5.92 Å². The molecule has 0 aromatic heterocycles. The second-order valence-electron chi connectivity index (χ2n) is 2.80. The topological polar surface area (TPSA) is 17.1 Å². The summed E-state index contributed by atoms with van der Waals surface area (Å²) in [6.07, 6.45) is 7.23. The second-order valence-corrected chi connectivity index (χ2v) is 5.06. The van der Waals surface area contributed by atoms with E-state index in [1.807, 2.05) is 23.5 Å². The van der Waals surface area contributed by atoms with Crippen LogP contribution in [0.4, 0.5) is 0 Å². The maximum Gasteiger partial charge on any atom is 0.137 e. The molecule has 0 aromatic rings. The quantitative estimate of drug-likeness (QED) is 0.636. The molecular weight excluding hydrogens is 176 g/mol. The Bertz CT molecular complexity index is 143. The largest absolute Gasteiger partial charge is 0.299 e. The molecule has 1 aliphatic carbocycles. The van der Waals surface area contributed by atoms with Crippen molar-refractivity contribution in [3.63, 3.8) is 0 Å². The Kier molecular flexibility index (Phi) is 3.79. The molecule has 64 valence electrons. The first-order valence-corrected chi connectivity index (χ1v) is 6.45. The van der Waals surface area contributed by atoms with E-state index in [1.165, 1.54) is 0 Å². The molecule has 0 spiro atoms. The Morgan fingerprint density at radius 3 is 2.45 bits per heavy atom. The summed E-state index contributed by atoms with van der Waals surface area (Å²) in [6.45, 7) is 0. The van der Waals surface area contributed by atoms with Crippen molar-refractivity contribution in [3.8, 4) is 0 Å². The Hall–Kier alpha value is 0.370. The van der Waals surface area contributed by atoms with E-state index in [0.29, 0.717) is 16.3 Å². The van der Waals surface area contributed by atoms with Crippen LogP contribution < -0.4 is 0 Å². The summed E-state index contributed by atoms with van der Waals surface area (Å²) in [5.41, 5.74) is 0. The van der Waals surface area contributed by atoms with E-state index >= 15 is 0 Å². The van der Waals surface area contributed by atoms with Crippen molar-refractivity contribution in [2.75, 3.05) is 12.5 Å². The van der Waals surface area contributed by atoms with Crippen LogP contribution in [-0.2, 0) is 4.79 Å². The lowest BCUT2D eigenvalue weighted by molar-refractivity contribution is -0.120. The summed E-state index contributed by atoms with van der Waals surface area (Å²) in [7, 11) is 0. The van der Waals surface area contributed by atoms with Gasteiger partial charge in [0.25, 0.3) is 0 Å². The molecule has 11 heavy (non-hydrogen) atoms. The fraction of sp³-hybridized carbons (Fsp3) is 0.875. The molecule has 0 N–H and O–H groups in total. The van der Waals surface area contributed by atoms with Crippen molar-refractivity contribution in [1.82, 2.24) is 0 Å². The minimum Gasteiger partial charge on any atom is -0.299 e. The monoisotopic (exact) mass is 190 g/mol. The van der Waals surface area contributed by atoms with E-state index in [0.717, 1.165) is 19.3 Å². The number of carbonyl (C=O) groups is 1. The van der Waals surface area contributed by atoms with Crippen LogP contribution in [0.25, 0.3) is 0 Å². The average Bonchev–Trinajstić information content (AvgIpc) is 2.40. The number of rotatable bonds is 3. The van der Waals surface area contributed by atoms with Gasteiger partial charge in [-0.05, 0) is 25.4 Å². The third-order valence-corrected chi connectivity index (χ3v) is 4.89. The molecular formula is C8H14OS2. The van der Waals surface area contributed by atoms with Crippen molar-refractivity contribution in [2.24, 2.45) is 5.92 Å². The summed E-state index contributed by atoms with van der Waals surface area (Å²) in [5, 5.41) is 0. The van der Waals surface area contributed by atoms with Gasteiger partial charge in [0.05, 0.1) is 4.58 Å². The van der Waals surface area contributed by atoms with Gasteiger partial charge in [0.15, 0.2) is 0 Å². The maximum absolute atomic E-state index is 11.3. The zero-order valence-corrected chi connectivity index (χ0v) is 8.63. The summed E-state index contributed by atoms with van der Waals surface area (Å²) < 4.78 is 0.505. The van der Waals surface area contributed by atoms with Gasteiger partial charge >= 0.3 is 0 Å². The Morgan fingerprint density at radius 2 is 2.09 bits per heavy atom. The van der Waals surface area contributed by atoms with Crippen LogP contribution in [-0.4, -0.2) is 22.9 Å². The minimum atomic E-state index is 0.347. The second kappa shape index (κ2) is 4.41. The molecule has 0 radical (unpaired) electrons. The molecule has 1 saturated carbocycles. The van der Waals surface area contributed by atoms with Crippen LogP contribution >= 0.6 is 23.5 Å². The third-order valence-electron chi connectivity index (χ3n) is 2.15. The van der Waals surface area contributed by atoms with Crippen molar-refractivity contribution in [1.29, 1.82) is 0 Å². The number of thioether (sulfide) groups is 2. The van der Waals surface area contributed by atoms with Gasteiger partial charge < -0.3 is 0 Å². The van der Waals surface area contributed by atoms with Crippen LogP contribution in [0.1, 0.15) is 19.3 Å². The number of hydrogen-bond acceptors (Lipinski definition) is 3. The predicted octanol–water partition coefficient (Wildman–Crippen LogP) is 2.41. The molecule has 0 saturated heterocycles. The average molecular weight is 190 g/mol. The summed E-state index contributed by atoms with van der Waals surface area (Å²) in [4.78, 5) is 11.3. The van der Waals surface area contributed by atoms with Crippen molar-refractivity contribution >= 4 is 29.3 Å². The maximum atomic E-state index is 11.3. The van der Waals surface area contributed by atoms with Gasteiger partial charge in [-0.1, -0.05) is 0 Å². The smallest absolute Gasteiger partial charge is 0.137 e. The first kappa shape index (κ1) is 9.46. The van der Waals surface area contributed by atoms with E-state index < -0.39 is 0 Å². The van der Waals surface area contributed by atoms with Gasteiger partial charge in [-0.3, -0.25) is 4.79 Å². The Morgan fingerprint density at radius 1 is 1.45 bits per heavy atom. The summed E-state index contributed by atoms with van der Waals surface area (Å²) >= 11 is 3.63. The normalized spacial score (nSPS) is 25.0. The van der Waals surface area contributed by atoms with Gasteiger partial charge in [-0.15, -0.1) is 0 Å². The van der Waals surface area contributed by atoms with Crippen LogP contribution in [0.2, 0.25) is 0 Å². The van der Waals surface area contributed by atoms with E-state index in [1.54, 1.807) is 0 Å². The number of ketones is 1. The molecule has 0 aliphatic heterocycles. The molecule has 3 heteroatoms. The molecule has 0 heterocycles. The third kappa shape index (κ3) is 2.15. The lowest BCUT2D eigenvalue weighted by Crippen LogP contribution is -2.17.